The number of hydrogen-bond donors (Lipinski definition) is 0. The molecule has 0 saturated carbocycles. The van der Waals surface area contributed by atoms with Gasteiger partial charge < -0.3 is 24.0 Å². The molecule has 0 bridgehead atoms. The van der Waals surface area contributed by atoms with Crippen LogP contribution in [0.5, 0.6) is 0 Å². The molecular weight excluding hydrogens is 407 g/mol. The minimum Gasteiger partial charge on any atom is -1.00 e. The van der Waals surface area contributed by atoms with Gasteiger partial charge in [-0.05, 0) is 29.7 Å². The maximum atomic E-state index is 4.55. The number of halogens is 1. The van der Waals surface area contributed by atoms with E-state index in [1.807, 2.05) is 24.4 Å². The van der Waals surface area contributed by atoms with E-state index in [4.69, 9.17) is 0 Å². The van der Waals surface area contributed by atoms with E-state index in [1.165, 1.54) is 27.6 Å². The topological polar surface area (TPSA) is 16.8 Å². The minimum absolute atomic E-state index is 0. The third kappa shape index (κ3) is 2.91. The van der Waals surface area contributed by atoms with E-state index in [9.17, 15) is 0 Å². The van der Waals surface area contributed by atoms with Crippen molar-refractivity contribution < 1.29 is 28.5 Å². The van der Waals surface area contributed by atoms with E-state index in [-0.39, 0.29) is 24.0 Å². The summed E-state index contributed by atoms with van der Waals surface area (Å²) in [5.74, 6) is 0. The summed E-state index contributed by atoms with van der Waals surface area (Å²) in [7, 11) is 2.08. The second-order valence-corrected chi connectivity index (χ2v) is 5.62. The fourth-order valence-corrected chi connectivity index (χ4v) is 3.09. The quantitative estimate of drug-likeness (QED) is 0.351. The van der Waals surface area contributed by atoms with Gasteiger partial charge in [-0.2, -0.15) is 0 Å². The number of aromatic nitrogens is 2. The zero-order valence-electron chi connectivity index (χ0n) is 13.4. The normalized spacial score (nSPS) is 10.4. The van der Waals surface area contributed by atoms with Crippen LogP contribution in [0.4, 0.5) is 0 Å². The molecule has 2 aromatic heterocycles. The second kappa shape index (κ2) is 7.09. The Hall–Kier alpha value is -2.27. The van der Waals surface area contributed by atoms with Crippen molar-refractivity contribution >= 4 is 10.8 Å². The average Bonchev–Trinajstić information content (AvgIpc) is 2.62. The zero-order valence-corrected chi connectivity index (χ0v) is 15.5. The average molecular weight is 424 g/mol. The SMILES string of the molecule is C[n+]1ccccc1-c1cccc2cccc(-c3ccccn3)c12.[I-]. The van der Waals surface area contributed by atoms with Gasteiger partial charge in [-0.3, -0.25) is 4.98 Å². The summed E-state index contributed by atoms with van der Waals surface area (Å²) in [6, 6.07) is 25.2. The number of hydrogen-bond acceptors (Lipinski definition) is 1. The largest absolute Gasteiger partial charge is 1.00 e. The molecule has 0 aliphatic rings. The summed E-state index contributed by atoms with van der Waals surface area (Å²) >= 11 is 0. The molecule has 0 unspecified atom stereocenters. The lowest BCUT2D eigenvalue weighted by Gasteiger charge is -2.10. The first-order chi connectivity index (χ1) is 11.3. The van der Waals surface area contributed by atoms with Crippen LogP contribution in [0.2, 0.25) is 0 Å². The molecular formula is C21H17IN2. The van der Waals surface area contributed by atoms with Gasteiger partial charge in [0.1, 0.15) is 7.05 Å². The van der Waals surface area contributed by atoms with Crippen molar-refractivity contribution in [2.24, 2.45) is 7.05 Å². The lowest BCUT2D eigenvalue weighted by atomic mass is 9.95. The Bertz CT molecular complexity index is 976. The standard InChI is InChI=1S/C21H17N2.HI/c1-23-15-5-3-13-20(23)18-11-7-9-16-8-6-10-17(21(16)18)19-12-2-4-14-22-19;/h2-15H,1H3;1H/q+1;/p-1. The molecule has 0 aliphatic carbocycles. The van der Waals surface area contributed by atoms with Crippen molar-refractivity contribution in [2.45, 2.75) is 0 Å². The van der Waals surface area contributed by atoms with Crippen molar-refractivity contribution in [3.63, 3.8) is 0 Å². The second-order valence-electron chi connectivity index (χ2n) is 5.62. The number of fused-ring (bicyclic) bond motifs is 1. The molecule has 4 rings (SSSR count). The summed E-state index contributed by atoms with van der Waals surface area (Å²) < 4.78 is 2.16. The smallest absolute Gasteiger partial charge is 0.212 e. The summed E-state index contributed by atoms with van der Waals surface area (Å²) in [5.41, 5.74) is 4.60. The van der Waals surface area contributed by atoms with E-state index < -0.39 is 0 Å². The van der Waals surface area contributed by atoms with Crippen molar-refractivity contribution in [2.75, 3.05) is 0 Å². The van der Waals surface area contributed by atoms with E-state index in [0.29, 0.717) is 0 Å². The van der Waals surface area contributed by atoms with Crippen LogP contribution in [0.3, 0.4) is 0 Å². The van der Waals surface area contributed by atoms with Gasteiger partial charge in [-0.25, -0.2) is 4.57 Å². The highest BCUT2D eigenvalue weighted by molar-refractivity contribution is 6.04. The Morgan fingerprint density at radius 2 is 1.50 bits per heavy atom. The van der Waals surface area contributed by atoms with Gasteiger partial charge in [0.15, 0.2) is 6.20 Å². The molecule has 4 aromatic rings. The Labute approximate surface area is 158 Å². The lowest BCUT2D eigenvalue weighted by molar-refractivity contribution is -0.660. The van der Waals surface area contributed by atoms with Crippen LogP contribution in [0.1, 0.15) is 0 Å². The Balaban J connectivity index is 0.00000169. The third-order valence-corrected chi connectivity index (χ3v) is 4.18. The maximum absolute atomic E-state index is 4.55. The maximum Gasteiger partial charge on any atom is 0.212 e. The van der Waals surface area contributed by atoms with Crippen LogP contribution in [0.15, 0.2) is 85.2 Å². The van der Waals surface area contributed by atoms with Crippen molar-refractivity contribution in [3.8, 4) is 22.5 Å². The number of pyridine rings is 2. The highest BCUT2D eigenvalue weighted by atomic mass is 127. The lowest BCUT2D eigenvalue weighted by Crippen LogP contribution is -3.00. The monoisotopic (exact) mass is 424 g/mol. The molecule has 24 heavy (non-hydrogen) atoms. The Morgan fingerprint density at radius 3 is 2.21 bits per heavy atom. The first kappa shape index (κ1) is 16.6. The molecule has 0 atom stereocenters. The van der Waals surface area contributed by atoms with Gasteiger partial charge in [-0.1, -0.05) is 36.4 Å². The molecule has 0 saturated heterocycles. The summed E-state index contributed by atoms with van der Waals surface area (Å²) in [6.45, 7) is 0. The third-order valence-electron chi connectivity index (χ3n) is 4.18. The molecule has 0 fully saturated rings. The van der Waals surface area contributed by atoms with Crippen LogP contribution < -0.4 is 28.5 Å². The van der Waals surface area contributed by atoms with Gasteiger partial charge in [0.05, 0.1) is 11.3 Å². The highest BCUT2D eigenvalue weighted by Gasteiger charge is 2.15. The van der Waals surface area contributed by atoms with E-state index in [1.54, 1.807) is 0 Å². The van der Waals surface area contributed by atoms with Crippen LogP contribution in [0.25, 0.3) is 33.3 Å². The molecule has 2 aromatic carbocycles. The molecule has 0 amide bonds. The van der Waals surface area contributed by atoms with Crippen molar-refractivity contribution in [1.29, 1.82) is 0 Å². The minimum atomic E-state index is 0. The fourth-order valence-electron chi connectivity index (χ4n) is 3.09. The fraction of sp³-hybridized carbons (Fsp3) is 0.0476. The van der Waals surface area contributed by atoms with E-state index >= 15 is 0 Å². The molecule has 2 nitrogen and oxygen atoms in total. The summed E-state index contributed by atoms with van der Waals surface area (Å²) in [4.78, 5) is 4.55. The van der Waals surface area contributed by atoms with E-state index in [0.717, 1.165) is 5.69 Å². The molecule has 0 spiro atoms. The summed E-state index contributed by atoms with van der Waals surface area (Å²) in [6.07, 6.45) is 3.93. The molecule has 0 radical (unpaired) electrons. The van der Waals surface area contributed by atoms with Crippen molar-refractivity contribution in [1.82, 2.24) is 4.98 Å². The number of aryl methyl sites for hydroxylation is 1. The van der Waals surface area contributed by atoms with Crippen molar-refractivity contribution in [3.05, 3.63) is 85.2 Å². The number of benzene rings is 2. The number of rotatable bonds is 2. The molecule has 0 N–H and O–H groups in total. The van der Waals surface area contributed by atoms with Crippen LogP contribution in [0, 0.1) is 0 Å². The number of nitrogens with zero attached hydrogens (tertiary/aromatic N) is 2. The van der Waals surface area contributed by atoms with Crippen LogP contribution in [-0.2, 0) is 7.05 Å². The van der Waals surface area contributed by atoms with Gasteiger partial charge >= 0.3 is 0 Å². The Morgan fingerprint density at radius 1 is 0.750 bits per heavy atom. The zero-order chi connectivity index (χ0) is 15.6. The van der Waals surface area contributed by atoms with Gasteiger partial charge in [0, 0.05) is 29.3 Å². The van der Waals surface area contributed by atoms with E-state index in [2.05, 4.69) is 77.4 Å². The molecule has 0 aliphatic heterocycles. The van der Waals surface area contributed by atoms with Gasteiger partial charge in [0.2, 0.25) is 5.69 Å². The molecule has 3 heteroatoms. The molecule has 118 valence electrons. The Kier molecular flexibility index (Phi) is 4.90. The first-order valence-corrected chi connectivity index (χ1v) is 7.73. The van der Waals surface area contributed by atoms with Gasteiger partial charge in [-0.15, -0.1) is 0 Å². The first-order valence-electron chi connectivity index (χ1n) is 7.73. The van der Waals surface area contributed by atoms with Crippen LogP contribution in [-0.4, -0.2) is 4.98 Å². The predicted molar refractivity (Wildman–Crippen MR) is 93.8 cm³/mol. The molecule has 2 heterocycles. The predicted octanol–water partition coefficient (Wildman–Crippen LogP) is 1.40. The van der Waals surface area contributed by atoms with Gasteiger partial charge in [0.25, 0.3) is 0 Å². The van der Waals surface area contributed by atoms with Crippen LogP contribution >= 0.6 is 0 Å². The highest BCUT2D eigenvalue weighted by Crippen LogP contribution is 2.34. The summed E-state index contributed by atoms with van der Waals surface area (Å²) in [5, 5.41) is 2.48.